The Morgan fingerprint density at radius 3 is 2.19 bits per heavy atom. The average molecular weight is 245 g/mol. The second kappa shape index (κ2) is 5.01. The Hall–Kier alpha value is -1.51. The standard InChI is InChI=1S/C7H10F3NO5/c1-3-16-5(13)11-6(14,4(12)15-2)7(8,9)10/h14H,3H2,1-2H3,(H,11,13)/t6-/m1/s1. The zero-order valence-electron chi connectivity index (χ0n) is 8.42. The summed E-state index contributed by atoms with van der Waals surface area (Å²) in [6, 6.07) is 0. The largest absolute Gasteiger partial charge is 0.465 e. The second-order valence-electron chi connectivity index (χ2n) is 2.55. The SMILES string of the molecule is CCOC(=O)N[C@@](O)(C(=O)OC)C(F)(F)F. The fourth-order valence-electron chi connectivity index (χ4n) is 0.700. The summed E-state index contributed by atoms with van der Waals surface area (Å²) in [6.45, 7) is 1.12. The van der Waals surface area contributed by atoms with Crippen molar-refractivity contribution in [3.8, 4) is 0 Å². The van der Waals surface area contributed by atoms with Crippen LogP contribution in [0.1, 0.15) is 6.92 Å². The highest BCUT2D eigenvalue weighted by molar-refractivity contribution is 5.84. The minimum Gasteiger partial charge on any atom is -0.465 e. The predicted octanol–water partition coefficient (Wildman–Crippen LogP) is 0.156. The van der Waals surface area contributed by atoms with Crippen molar-refractivity contribution >= 4 is 12.1 Å². The molecule has 94 valence electrons. The highest BCUT2D eigenvalue weighted by atomic mass is 19.4. The zero-order chi connectivity index (χ0) is 13.0. The summed E-state index contributed by atoms with van der Waals surface area (Å²) < 4.78 is 44.8. The molecule has 0 rings (SSSR count). The number of carbonyl (C=O) groups excluding carboxylic acids is 2. The molecular weight excluding hydrogens is 235 g/mol. The third-order valence-corrected chi connectivity index (χ3v) is 1.45. The van der Waals surface area contributed by atoms with Crippen LogP contribution in [0.5, 0.6) is 0 Å². The van der Waals surface area contributed by atoms with Gasteiger partial charge in [-0.05, 0) is 6.92 Å². The van der Waals surface area contributed by atoms with Crippen LogP contribution < -0.4 is 5.32 Å². The Labute approximate surface area is 88.3 Å². The first-order chi connectivity index (χ1) is 7.19. The number of alkyl halides is 3. The van der Waals surface area contributed by atoms with Gasteiger partial charge >= 0.3 is 24.0 Å². The highest BCUT2D eigenvalue weighted by Gasteiger charge is 2.62. The van der Waals surface area contributed by atoms with Gasteiger partial charge in [0.1, 0.15) is 0 Å². The maximum absolute atomic E-state index is 12.3. The van der Waals surface area contributed by atoms with Crippen molar-refractivity contribution in [1.29, 1.82) is 0 Å². The molecule has 0 heterocycles. The molecule has 16 heavy (non-hydrogen) atoms. The summed E-state index contributed by atoms with van der Waals surface area (Å²) in [5, 5.41) is 9.98. The molecule has 0 aliphatic heterocycles. The number of hydrogen-bond donors (Lipinski definition) is 2. The van der Waals surface area contributed by atoms with Gasteiger partial charge in [-0.25, -0.2) is 9.59 Å². The lowest BCUT2D eigenvalue weighted by Crippen LogP contribution is -2.64. The van der Waals surface area contributed by atoms with E-state index in [-0.39, 0.29) is 6.61 Å². The second-order valence-corrected chi connectivity index (χ2v) is 2.55. The van der Waals surface area contributed by atoms with Crippen molar-refractivity contribution in [2.45, 2.75) is 18.8 Å². The summed E-state index contributed by atoms with van der Waals surface area (Å²) in [4.78, 5) is 21.5. The molecule has 1 amide bonds. The van der Waals surface area contributed by atoms with Crippen LogP contribution in [0.15, 0.2) is 0 Å². The Morgan fingerprint density at radius 2 is 1.88 bits per heavy atom. The number of hydrogen-bond acceptors (Lipinski definition) is 5. The molecule has 0 spiro atoms. The van der Waals surface area contributed by atoms with Crippen molar-refractivity contribution in [3.63, 3.8) is 0 Å². The molecule has 2 N–H and O–H groups in total. The van der Waals surface area contributed by atoms with Crippen molar-refractivity contribution in [2.24, 2.45) is 0 Å². The Morgan fingerprint density at radius 1 is 1.38 bits per heavy atom. The number of carbonyl (C=O) groups is 2. The quantitative estimate of drug-likeness (QED) is 0.546. The topological polar surface area (TPSA) is 84.9 Å². The van der Waals surface area contributed by atoms with E-state index >= 15 is 0 Å². The van der Waals surface area contributed by atoms with E-state index in [0.717, 1.165) is 5.32 Å². The molecule has 0 bridgehead atoms. The molecule has 0 fully saturated rings. The van der Waals surface area contributed by atoms with Gasteiger partial charge in [0.2, 0.25) is 0 Å². The van der Waals surface area contributed by atoms with E-state index in [1.807, 2.05) is 0 Å². The highest BCUT2D eigenvalue weighted by Crippen LogP contribution is 2.29. The third kappa shape index (κ3) is 2.99. The lowest BCUT2D eigenvalue weighted by molar-refractivity contribution is -0.269. The lowest BCUT2D eigenvalue weighted by Gasteiger charge is -2.27. The van der Waals surface area contributed by atoms with Crippen molar-refractivity contribution in [1.82, 2.24) is 5.32 Å². The van der Waals surface area contributed by atoms with Crippen LogP contribution in [-0.4, -0.2) is 42.8 Å². The van der Waals surface area contributed by atoms with Crippen molar-refractivity contribution < 1.29 is 37.3 Å². The van der Waals surface area contributed by atoms with Gasteiger partial charge in [-0.1, -0.05) is 0 Å². The van der Waals surface area contributed by atoms with Gasteiger partial charge < -0.3 is 14.6 Å². The molecule has 1 atom stereocenters. The molecule has 0 saturated carbocycles. The van der Waals surface area contributed by atoms with Crippen LogP contribution in [0.2, 0.25) is 0 Å². The maximum Gasteiger partial charge on any atom is 0.448 e. The van der Waals surface area contributed by atoms with Crippen LogP contribution in [0.4, 0.5) is 18.0 Å². The van der Waals surface area contributed by atoms with E-state index in [4.69, 9.17) is 5.11 Å². The van der Waals surface area contributed by atoms with Crippen LogP contribution in [0.25, 0.3) is 0 Å². The Bertz CT molecular complexity index is 280. The molecular formula is C7H10F3NO5. The van der Waals surface area contributed by atoms with Gasteiger partial charge in [-0.15, -0.1) is 0 Å². The first-order valence-corrected chi connectivity index (χ1v) is 4.01. The van der Waals surface area contributed by atoms with Gasteiger partial charge in [0.15, 0.2) is 0 Å². The van der Waals surface area contributed by atoms with E-state index in [0.29, 0.717) is 7.11 Å². The summed E-state index contributed by atoms with van der Waals surface area (Å²) in [7, 11) is 0.631. The summed E-state index contributed by atoms with van der Waals surface area (Å²) in [5.74, 6) is -2.06. The molecule has 0 saturated heterocycles. The van der Waals surface area contributed by atoms with E-state index in [1.165, 1.54) is 6.92 Å². The number of aliphatic hydroxyl groups is 1. The molecule has 6 nitrogen and oxygen atoms in total. The molecule has 0 aromatic carbocycles. The molecule has 0 aliphatic rings. The lowest BCUT2D eigenvalue weighted by atomic mass is 10.2. The molecule has 0 aromatic heterocycles. The number of halogens is 3. The first-order valence-electron chi connectivity index (χ1n) is 4.01. The van der Waals surface area contributed by atoms with E-state index in [2.05, 4.69) is 9.47 Å². The molecule has 0 aliphatic carbocycles. The molecule has 9 heteroatoms. The van der Waals surface area contributed by atoms with Crippen molar-refractivity contribution in [3.05, 3.63) is 0 Å². The first kappa shape index (κ1) is 14.5. The summed E-state index contributed by atoms with van der Waals surface area (Å²) in [6.07, 6.45) is -7.01. The monoisotopic (exact) mass is 245 g/mol. The summed E-state index contributed by atoms with van der Waals surface area (Å²) in [5.41, 5.74) is -4.12. The van der Waals surface area contributed by atoms with Crippen LogP contribution in [0, 0.1) is 0 Å². The maximum atomic E-state index is 12.3. The van der Waals surface area contributed by atoms with Gasteiger partial charge in [0, 0.05) is 0 Å². The minimum absolute atomic E-state index is 0.221. The third-order valence-electron chi connectivity index (χ3n) is 1.45. The van der Waals surface area contributed by atoms with Crippen LogP contribution in [-0.2, 0) is 14.3 Å². The fraction of sp³-hybridized carbons (Fsp3) is 0.714. The zero-order valence-corrected chi connectivity index (χ0v) is 8.42. The number of nitrogens with one attached hydrogen (secondary N) is 1. The number of ether oxygens (including phenoxy) is 2. The predicted molar refractivity (Wildman–Crippen MR) is 43.2 cm³/mol. The molecule has 0 unspecified atom stereocenters. The van der Waals surface area contributed by atoms with Crippen molar-refractivity contribution in [2.75, 3.05) is 13.7 Å². The van der Waals surface area contributed by atoms with Gasteiger partial charge in [0.25, 0.3) is 0 Å². The molecule has 0 radical (unpaired) electrons. The summed E-state index contributed by atoms with van der Waals surface area (Å²) >= 11 is 0. The molecule has 0 aromatic rings. The normalized spacial score (nSPS) is 14.9. The van der Waals surface area contributed by atoms with Crippen LogP contribution in [0.3, 0.4) is 0 Å². The van der Waals surface area contributed by atoms with Gasteiger partial charge in [0.05, 0.1) is 13.7 Å². The number of rotatable bonds is 3. The number of esters is 1. The Balaban J connectivity index is 4.96. The van der Waals surface area contributed by atoms with Gasteiger partial charge in [-0.2, -0.15) is 13.2 Å². The fourth-order valence-corrected chi connectivity index (χ4v) is 0.700. The van der Waals surface area contributed by atoms with E-state index in [9.17, 15) is 22.8 Å². The Kier molecular flexibility index (Phi) is 4.54. The van der Waals surface area contributed by atoms with E-state index < -0.39 is 24.0 Å². The smallest absolute Gasteiger partial charge is 0.448 e. The average Bonchev–Trinajstić information content (AvgIpc) is 2.14. The minimum atomic E-state index is -5.42. The number of methoxy groups -OCH3 is 1. The number of alkyl carbamates (subject to hydrolysis) is 1. The van der Waals surface area contributed by atoms with Crippen LogP contribution >= 0.6 is 0 Å². The number of amides is 1. The van der Waals surface area contributed by atoms with Gasteiger partial charge in [-0.3, -0.25) is 5.32 Å². The van der Waals surface area contributed by atoms with E-state index in [1.54, 1.807) is 0 Å².